The van der Waals surface area contributed by atoms with Crippen LogP contribution in [-0.2, 0) is 21.4 Å². The topological polar surface area (TPSA) is 86.6 Å². The molecule has 1 aliphatic rings. The number of thiophene rings is 1. The van der Waals surface area contributed by atoms with E-state index in [0.717, 1.165) is 20.6 Å². The van der Waals surface area contributed by atoms with E-state index in [4.69, 9.17) is 0 Å². The number of carbonyl (C=O) groups excluding carboxylic acids is 2. The minimum absolute atomic E-state index is 0.124. The van der Waals surface area contributed by atoms with Gasteiger partial charge >= 0.3 is 11.9 Å². The third kappa shape index (κ3) is 2.79. The van der Waals surface area contributed by atoms with Crippen molar-refractivity contribution in [1.82, 2.24) is 9.62 Å². The van der Waals surface area contributed by atoms with E-state index in [1.54, 1.807) is 6.07 Å². The molecule has 1 atom stereocenters. The summed E-state index contributed by atoms with van der Waals surface area (Å²) in [5.41, 5.74) is 0. The van der Waals surface area contributed by atoms with Crippen LogP contribution in [-0.4, -0.2) is 55.4 Å². The predicted octanol–water partition coefficient (Wildman–Crippen LogP) is -0.159. The molecule has 7 nitrogen and oxygen atoms in total. The van der Waals surface area contributed by atoms with E-state index in [9.17, 15) is 18.0 Å². The zero-order valence-corrected chi connectivity index (χ0v) is 12.6. The van der Waals surface area contributed by atoms with Crippen LogP contribution in [0.1, 0.15) is 4.88 Å². The zero-order valence-electron chi connectivity index (χ0n) is 10.9. The number of hydrogen-bond acceptors (Lipinski definition) is 5. The van der Waals surface area contributed by atoms with Crippen LogP contribution in [0.3, 0.4) is 0 Å². The van der Waals surface area contributed by atoms with Crippen molar-refractivity contribution in [1.29, 1.82) is 0 Å². The van der Waals surface area contributed by atoms with Crippen molar-refractivity contribution in [2.24, 2.45) is 0 Å². The van der Waals surface area contributed by atoms with Gasteiger partial charge in [0.2, 0.25) is 15.3 Å². The van der Waals surface area contributed by atoms with Crippen molar-refractivity contribution in [3.05, 3.63) is 22.4 Å². The average molecular weight is 316 g/mol. The van der Waals surface area contributed by atoms with Crippen molar-refractivity contribution >= 4 is 39.5 Å². The minimum atomic E-state index is -3.88. The lowest BCUT2D eigenvalue weighted by Crippen LogP contribution is -2.55. The summed E-state index contributed by atoms with van der Waals surface area (Å²) in [4.78, 5) is 25.1. The highest BCUT2D eigenvalue weighted by Crippen LogP contribution is 2.11. The lowest BCUT2D eigenvalue weighted by molar-refractivity contribution is -0.399. The number of nitrogens with zero attached hydrogens (tertiary/aromatic N) is 2. The fraction of sp³-hybridized carbons (Fsp3) is 0.364. The molecule has 1 aromatic rings. The van der Waals surface area contributed by atoms with Crippen molar-refractivity contribution < 1.29 is 22.6 Å². The molecule has 2 heterocycles. The molecule has 1 aliphatic heterocycles. The Morgan fingerprint density at radius 2 is 2.15 bits per heavy atom. The molecule has 0 fully saturated rings. The van der Waals surface area contributed by atoms with Crippen LogP contribution in [0.5, 0.6) is 0 Å². The van der Waals surface area contributed by atoms with Crippen molar-refractivity contribution in [2.45, 2.75) is 11.8 Å². The summed E-state index contributed by atoms with van der Waals surface area (Å²) in [6, 6.07) is 3.05. The summed E-state index contributed by atoms with van der Waals surface area (Å²) in [7, 11) is -1.21. The Labute approximate surface area is 120 Å². The number of imide groups is 1. The van der Waals surface area contributed by atoms with Crippen LogP contribution in [0.4, 0.5) is 4.79 Å². The van der Waals surface area contributed by atoms with Crippen LogP contribution < -0.4 is 4.72 Å². The van der Waals surface area contributed by atoms with Crippen molar-refractivity contribution in [2.75, 3.05) is 14.1 Å². The Bertz CT molecular complexity index is 664. The number of amides is 3. The summed E-state index contributed by atoms with van der Waals surface area (Å²) >= 11 is 1.42. The molecule has 0 saturated heterocycles. The molecular weight excluding hydrogens is 302 g/mol. The number of hydrogen-bond donors (Lipinski definition) is 1. The summed E-state index contributed by atoms with van der Waals surface area (Å²) in [5, 5.41) is 0.442. The maximum Gasteiger partial charge on any atom is 0.500 e. The second-order valence-electron chi connectivity index (χ2n) is 4.31. The van der Waals surface area contributed by atoms with E-state index in [1.165, 1.54) is 25.4 Å². The number of sulfonamides is 1. The van der Waals surface area contributed by atoms with Crippen LogP contribution in [0.25, 0.3) is 0 Å². The van der Waals surface area contributed by atoms with Crippen LogP contribution in [0, 0.1) is 0 Å². The lowest BCUT2D eigenvalue weighted by atomic mass is 10.3. The summed E-state index contributed by atoms with van der Waals surface area (Å²) in [6.07, 6.45) is 1.11. The third-order valence-electron chi connectivity index (χ3n) is 2.88. The van der Waals surface area contributed by atoms with E-state index in [-0.39, 0.29) is 6.54 Å². The Balaban J connectivity index is 2.20. The molecule has 0 spiro atoms. The molecule has 0 aromatic carbocycles. The SMILES string of the molecule is CN1C(=O)C(S(=O)(=O)NCc2cccs2)C=[N+](C)C1=O. The third-order valence-corrected chi connectivity index (χ3v) is 5.30. The standard InChI is InChI=1S/C11H14N3O4S2/c1-13-7-9(10(15)14(2)11(13)16)20(17,18)12-6-8-4-3-5-19-8/h3-5,7,9,12H,6H2,1-2H3/q+1. The van der Waals surface area contributed by atoms with E-state index in [2.05, 4.69) is 4.72 Å². The molecule has 3 amide bonds. The maximum atomic E-state index is 12.2. The molecule has 108 valence electrons. The van der Waals surface area contributed by atoms with Gasteiger partial charge in [0.1, 0.15) is 6.21 Å². The quantitative estimate of drug-likeness (QED) is 0.782. The first kappa shape index (κ1) is 14.8. The Kier molecular flexibility index (Phi) is 4.02. The molecule has 1 aromatic heterocycles. The van der Waals surface area contributed by atoms with Gasteiger partial charge in [0, 0.05) is 11.4 Å². The Hall–Kier alpha value is -1.58. The molecule has 1 N–H and O–H groups in total. The lowest BCUT2D eigenvalue weighted by Gasteiger charge is -2.19. The molecular formula is C11H14N3O4S2+. The molecule has 2 rings (SSSR count). The van der Waals surface area contributed by atoms with Gasteiger partial charge in [-0.1, -0.05) is 6.07 Å². The Morgan fingerprint density at radius 1 is 1.45 bits per heavy atom. The van der Waals surface area contributed by atoms with Gasteiger partial charge in [0.15, 0.2) is 0 Å². The van der Waals surface area contributed by atoms with Crippen LogP contribution in [0.15, 0.2) is 17.5 Å². The normalized spacial score (nSPS) is 20.2. The summed E-state index contributed by atoms with van der Waals surface area (Å²) in [5.74, 6) is -0.758. The number of nitrogens with one attached hydrogen (secondary N) is 1. The fourth-order valence-corrected chi connectivity index (χ4v) is 3.78. The minimum Gasteiger partial charge on any atom is -0.245 e. The van der Waals surface area contributed by atoms with Gasteiger partial charge in [0.25, 0.3) is 0 Å². The molecule has 0 aliphatic carbocycles. The van der Waals surface area contributed by atoms with Gasteiger partial charge < -0.3 is 0 Å². The number of carbonyl (C=O) groups is 2. The van der Waals surface area contributed by atoms with Gasteiger partial charge in [-0.05, 0) is 11.4 Å². The molecule has 9 heteroatoms. The first-order chi connectivity index (χ1) is 9.33. The van der Waals surface area contributed by atoms with Gasteiger partial charge in [-0.2, -0.15) is 9.69 Å². The van der Waals surface area contributed by atoms with Crippen molar-refractivity contribution in [3.63, 3.8) is 0 Å². The Morgan fingerprint density at radius 3 is 2.75 bits per heavy atom. The average Bonchev–Trinajstić information content (AvgIpc) is 2.91. The maximum absolute atomic E-state index is 12.2. The monoisotopic (exact) mass is 316 g/mol. The van der Waals surface area contributed by atoms with Gasteiger partial charge in [-0.25, -0.2) is 22.5 Å². The van der Waals surface area contributed by atoms with Crippen LogP contribution in [0.2, 0.25) is 0 Å². The van der Waals surface area contributed by atoms with Gasteiger partial charge in [-0.3, -0.25) is 0 Å². The zero-order chi connectivity index (χ0) is 14.9. The molecule has 0 saturated carbocycles. The highest BCUT2D eigenvalue weighted by atomic mass is 32.2. The highest BCUT2D eigenvalue weighted by Gasteiger charge is 2.45. The first-order valence-electron chi connectivity index (χ1n) is 5.73. The second-order valence-corrected chi connectivity index (χ2v) is 7.22. The fourth-order valence-electron chi connectivity index (χ4n) is 1.74. The number of rotatable bonds is 4. The molecule has 0 radical (unpaired) electrons. The van der Waals surface area contributed by atoms with E-state index in [0.29, 0.717) is 0 Å². The second kappa shape index (κ2) is 5.43. The molecule has 20 heavy (non-hydrogen) atoms. The summed E-state index contributed by atoms with van der Waals surface area (Å²) in [6.45, 7) is 0.124. The number of urea groups is 1. The van der Waals surface area contributed by atoms with Gasteiger partial charge in [0.05, 0.1) is 14.1 Å². The summed E-state index contributed by atoms with van der Waals surface area (Å²) < 4.78 is 27.8. The van der Waals surface area contributed by atoms with Gasteiger partial charge in [-0.15, -0.1) is 11.3 Å². The van der Waals surface area contributed by atoms with Crippen LogP contribution >= 0.6 is 11.3 Å². The first-order valence-corrected chi connectivity index (χ1v) is 8.16. The predicted molar refractivity (Wildman–Crippen MR) is 74.3 cm³/mol. The van der Waals surface area contributed by atoms with E-state index >= 15 is 0 Å². The molecule has 1 unspecified atom stereocenters. The largest absolute Gasteiger partial charge is 0.500 e. The highest BCUT2D eigenvalue weighted by molar-refractivity contribution is 7.91. The smallest absolute Gasteiger partial charge is 0.245 e. The molecule has 0 bridgehead atoms. The van der Waals surface area contributed by atoms with E-state index < -0.39 is 27.2 Å². The van der Waals surface area contributed by atoms with Crippen molar-refractivity contribution in [3.8, 4) is 0 Å². The van der Waals surface area contributed by atoms with E-state index in [1.807, 2.05) is 11.4 Å².